The average molecular weight is 263 g/mol. The van der Waals surface area contributed by atoms with Crippen LogP contribution < -0.4 is 5.32 Å². The smallest absolute Gasteiger partial charge is 0.0810 e. The Morgan fingerprint density at radius 2 is 2.05 bits per heavy atom. The predicted molar refractivity (Wildman–Crippen MR) is 77.4 cm³/mol. The van der Waals surface area contributed by atoms with Gasteiger partial charge in [-0.15, -0.1) is 0 Å². The largest absolute Gasteiger partial charge is 0.379 e. The van der Waals surface area contributed by atoms with Gasteiger partial charge < -0.3 is 14.8 Å². The Morgan fingerprint density at radius 3 is 2.74 bits per heavy atom. The van der Waals surface area contributed by atoms with E-state index in [2.05, 4.69) is 43.4 Å². The maximum absolute atomic E-state index is 6.08. The van der Waals surface area contributed by atoms with Crippen molar-refractivity contribution in [3.8, 4) is 0 Å². The lowest BCUT2D eigenvalue weighted by Crippen LogP contribution is -2.31. The standard InChI is InChI=1S/C16H25NO2/c1-16(2,18-4)9-10-19-14-11-12-7-5-6-8-13(12)15(14)17-3/h5-8,14-15,17H,9-11H2,1-4H3. The van der Waals surface area contributed by atoms with Gasteiger partial charge in [0.1, 0.15) is 0 Å². The first-order chi connectivity index (χ1) is 9.07. The molecule has 2 atom stereocenters. The highest BCUT2D eigenvalue weighted by Gasteiger charge is 2.32. The minimum absolute atomic E-state index is 0.111. The van der Waals surface area contributed by atoms with E-state index in [-0.39, 0.29) is 11.7 Å². The van der Waals surface area contributed by atoms with E-state index in [1.165, 1.54) is 11.1 Å². The summed E-state index contributed by atoms with van der Waals surface area (Å²) in [5, 5.41) is 3.38. The molecule has 1 aliphatic rings. The van der Waals surface area contributed by atoms with Gasteiger partial charge in [0.25, 0.3) is 0 Å². The molecule has 1 aromatic rings. The van der Waals surface area contributed by atoms with Crippen molar-refractivity contribution in [3.63, 3.8) is 0 Å². The topological polar surface area (TPSA) is 30.5 Å². The summed E-state index contributed by atoms with van der Waals surface area (Å²) in [5.74, 6) is 0. The third-order valence-corrected chi connectivity index (χ3v) is 4.08. The Bertz CT molecular complexity index is 417. The number of benzene rings is 1. The van der Waals surface area contributed by atoms with Crippen LogP contribution in [0.2, 0.25) is 0 Å². The lowest BCUT2D eigenvalue weighted by molar-refractivity contribution is -0.0315. The molecule has 3 nitrogen and oxygen atoms in total. The van der Waals surface area contributed by atoms with Crippen molar-refractivity contribution in [1.29, 1.82) is 0 Å². The molecule has 0 aromatic heterocycles. The summed E-state index contributed by atoms with van der Waals surface area (Å²) in [5.41, 5.74) is 2.67. The van der Waals surface area contributed by atoms with E-state index < -0.39 is 0 Å². The van der Waals surface area contributed by atoms with Gasteiger partial charge in [-0.05, 0) is 38.4 Å². The fourth-order valence-electron chi connectivity index (χ4n) is 2.61. The Hall–Kier alpha value is -0.900. The van der Waals surface area contributed by atoms with E-state index in [0.717, 1.165) is 19.4 Å². The van der Waals surface area contributed by atoms with Crippen LogP contribution in [0, 0.1) is 0 Å². The maximum Gasteiger partial charge on any atom is 0.0810 e. The molecular formula is C16H25NO2. The number of nitrogens with one attached hydrogen (secondary N) is 1. The maximum atomic E-state index is 6.08. The van der Waals surface area contributed by atoms with Gasteiger partial charge in [0, 0.05) is 20.1 Å². The molecule has 1 aliphatic carbocycles. The lowest BCUT2D eigenvalue weighted by Gasteiger charge is -2.25. The van der Waals surface area contributed by atoms with E-state index >= 15 is 0 Å². The molecule has 0 aliphatic heterocycles. The van der Waals surface area contributed by atoms with Crippen LogP contribution in [0.1, 0.15) is 37.4 Å². The van der Waals surface area contributed by atoms with Crippen LogP contribution in [0.5, 0.6) is 0 Å². The van der Waals surface area contributed by atoms with Crippen LogP contribution >= 0.6 is 0 Å². The molecule has 1 aromatic carbocycles. The van der Waals surface area contributed by atoms with Crippen molar-refractivity contribution in [2.45, 2.75) is 44.4 Å². The fraction of sp³-hybridized carbons (Fsp3) is 0.625. The van der Waals surface area contributed by atoms with E-state index in [9.17, 15) is 0 Å². The van der Waals surface area contributed by atoms with Gasteiger partial charge in [0.2, 0.25) is 0 Å². The Morgan fingerprint density at radius 1 is 1.32 bits per heavy atom. The van der Waals surface area contributed by atoms with Gasteiger partial charge >= 0.3 is 0 Å². The highest BCUT2D eigenvalue weighted by Crippen LogP contribution is 2.33. The van der Waals surface area contributed by atoms with Crippen molar-refractivity contribution in [1.82, 2.24) is 5.32 Å². The van der Waals surface area contributed by atoms with Gasteiger partial charge in [0.15, 0.2) is 0 Å². The fourth-order valence-corrected chi connectivity index (χ4v) is 2.61. The summed E-state index contributed by atoms with van der Waals surface area (Å²) >= 11 is 0. The summed E-state index contributed by atoms with van der Waals surface area (Å²) in [4.78, 5) is 0. The van der Waals surface area contributed by atoms with Crippen molar-refractivity contribution >= 4 is 0 Å². The third-order valence-electron chi connectivity index (χ3n) is 4.08. The van der Waals surface area contributed by atoms with Crippen LogP contribution in [0.25, 0.3) is 0 Å². The normalized spacial score (nSPS) is 22.5. The molecule has 3 heteroatoms. The number of methoxy groups -OCH3 is 1. The number of fused-ring (bicyclic) bond motifs is 1. The monoisotopic (exact) mass is 263 g/mol. The zero-order valence-corrected chi connectivity index (χ0v) is 12.4. The summed E-state index contributed by atoms with van der Waals surface area (Å²) in [6.07, 6.45) is 2.14. The second-order valence-electron chi connectivity index (χ2n) is 5.79. The first-order valence-corrected chi connectivity index (χ1v) is 6.99. The van der Waals surface area contributed by atoms with Crippen LogP contribution in [-0.4, -0.2) is 32.5 Å². The SMILES string of the molecule is CNC1c2ccccc2CC1OCCC(C)(C)OC. The van der Waals surface area contributed by atoms with Gasteiger partial charge in [-0.3, -0.25) is 0 Å². The molecular weight excluding hydrogens is 238 g/mol. The van der Waals surface area contributed by atoms with E-state index in [1.54, 1.807) is 7.11 Å². The molecule has 106 valence electrons. The van der Waals surface area contributed by atoms with Crippen LogP contribution in [-0.2, 0) is 15.9 Å². The minimum Gasteiger partial charge on any atom is -0.379 e. The molecule has 1 N–H and O–H groups in total. The molecule has 0 fully saturated rings. The Balaban J connectivity index is 1.93. The predicted octanol–water partition coefficient (Wildman–Crippen LogP) is 2.70. The molecule has 0 radical (unpaired) electrons. The van der Waals surface area contributed by atoms with Crippen LogP contribution in [0.15, 0.2) is 24.3 Å². The van der Waals surface area contributed by atoms with E-state index in [4.69, 9.17) is 9.47 Å². The van der Waals surface area contributed by atoms with E-state index in [0.29, 0.717) is 6.04 Å². The first kappa shape index (κ1) is 14.5. The quantitative estimate of drug-likeness (QED) is 0.856. The number of ether oxygens (including phenoxy) is 2. The number of hydrogen-bond acceptors (Lipinski definition) is 3. The number of likely N-dealkylation sites (N-methyl/N-ethyl adjacent to an activating group) is 1. The first-order valence-electron chi connectivity index (χ1n) is 6.99. The van der Waals surface area contributed by atoms with Crippen molar-refractivity contribution in [2.75, 3.05) is 20.8 Å². The second-order valence-corrected chi connectivity index (χ2v) is 5.79. The van der Waals surface area contributed by atoms with E-state index in [1.807, 2.05) is 7.05 Å². The van der Waals surface area contributed by atoms with Crippen molar-refractivity contribution < 1.29 is 9.47 Å². The molecule has 0 saturated carbocycles. The van der Waals surface area contributed by atoms with Gasteiger partial charge in [-0.1, -0.05) is 24.3 Å². The number of rotatable bonds is 6. The summed E-state index contributed by atoms with van der Waals surface area (Å²) in [6, 6.07) is 8.89. The molecule has 19 heavy (non-hydrogen) atoms. The van der Waals surface area contributed by atoms with Crippen molar-refractivity contribution in [3.05, 3.63) is 35.4 Å². The summed E-state index contributed by atoms with van der Waals surface area (Å²) in [6.45, 7) is 4.92. The molecule has 2 rings (SSSR count). The summed E-state index contributed by atoms with van der Waals surface area (Å²) < 4.78 is 11.5. The van der Waals surface area contributed by atoms with Gasteiger partial charge in [0.05, 0.1) is 17.7 Å². The van der Waals surface area contributed by atoms with Crippen LogP contribution in [0.3, 0.4) is 0 Å². The molecule has 0 amide bonds. The van der Waals surface area contributed by atoms with Crippen LogP contribution in [0.4, 0.5) is 0 Å². The number of hydrogen-bond donors (Lipinski definition) is 1. The minimum atomic E-state index is -0.111. The highest BCUT2D eigenvalue weighted by atomic mass is 16.5. The Labute approximate surface area is 116 Å². The zero-order valence-electron chi connectivity index (χ0n) is 12.4. The van der Waals surface area contributed by atoms with Gasteiger partial charge in [-0.2, -0.15) is 0 Å². The van der Waals surface area contributed by atoms with Gasteiger partial charge in [-0.25, -0.2) is 0 Å². The molecule has 0 bridgehead atoms. The summed E-state index contributed by atoms with van der Waals surface area (Å²) in [7, 11) is 3.75. The third kappa shape index (κ3) is 3.35. The zero-order chi connectivity index (χ0) is 13.9. The van der Waals surface area contributed by atoms with Crippen molar-refractivity contribution in [2.24, 2.45) is 0 Å². The average Bonchev–Trinajstić information content (AvgIpc) is 2.76. The molecule has 2 unspecified atom stereocenters. The molecule has 0 saturated heterocycles. The molecule has 0 heterocycles. The highest BCUT2D eigenvalue weighted by molar-refractivity contribution is 5.36. The molecule has 0 spiro atoms. The lowest BCUT2D eigenvalue weighted by atomic mass is 10.1. The Kier molecular flexibility index (Phi) is 4.61. The second kappa shape index (κ2) is 6.04.